The summed E-state index contributed by atoms with van der Waals surface area (Å²) in [5.41, 5.74) is 5.86. The van der Waals surface area contributed by atoms with Gasteiger partial charge in [0.05, 0.1) is 11.0 Å². The Morgan fingerprint density at radius 3 is 2.77 bits per heavy atom. The maximum Gasteiger partial charge on any atom is 0.111 e. The highest BCUT2D eigenvalue weighted by Crippen LogP contribution is 2.45. The number of imidazole rings is 1. The quantitative estimate of drug-likeness (QED) is 0.692. The Bertz CT molecular complexity index is 1040. The summed E-state index contributed by atoms with van der Waals surface area (Å²) in [5, 5.41) is 11.6. The molecule has 3 aliphatic rings. The molecule has 6 nitrogen and oxygen atoms in total. The van der Waals surface area contributed by atoms with Crippen molar-refractivity contribution in [1.82, 2.24) is 24.6 Å². The zero-order valence-electron chi connectivity index (χ0n) is 17.9. The predicted octanol–water partition coefficient (Wildman–Crippen LogP) is 3.93. The number of hydrogen-bond donors (Lipinski definition) is 2. The molecule has 3 aromatic rings. The van der Waals surface area contributed by atoms with E-state index in [0.717, 1.165) is 19.4 Å². The highest BCUT2D eigenvalue weighted by atomic mass is 15.3. The number of benzene rings is 1. The van der Waals surface area contributed by atoms with Gasteiger partial charge in [-0.25, -0.2) is 4.98 Å². The maximum atomic E-state index is 5.27. The van der Waals surface area contributed by atoms with Crippen molar-refractivity contribution in [3.05, 3.63) is 42.0 Å². The molecule has 4 heterocycles. The fraction of sp³-hybridized carbons (Fsp3) is 0.583. The molecule has 0 bridgehead atoms. The van der Waals surface area contributed by atoms with Crippen LogP contribution in [-0.2, 0) is 19.4 Å². The Labute approximate surface area is 178 Å². The van der Waals surface area contributed by atoms with Gasteiger partial charge in [0.1, 0.15) is 5.82 Å². The zero-order chi connectivity index (χ0) is 20.1. The molecule has 0 unspecified atom stereocenters. The van der Waals surface area contributed by atoms with Crippen LogP contribution < -0.4 is 10.6 Å². The molecule has 1 spiro atoms. The lowest BCUT2D eigenvalue weighted by Crippen LogP contribution is -2.54. The van der Waals surface area contributed by atoms with E-state index in [-0.39, 0.29) is 0 Å². The van der Waals surface area contributed by atoms with E-state index in [0.29, 0.717) is 17.5 Å². The molecule has 6 rings (SSSR count). The largest absolute Gasteiger partial charge is 0.382 e. The first-order valence-electron chi connectivity index (χ1n) is 11.7. The van der Waals surface area contributed by atoms with Crippen LogP contribution in [0.25, 0.3) is 11.0 Å². The lowest BCUT2D eigenvalue weighted by Gasteiger charge is -2.47. The standard InChI is InChI=1S/C24H32N6/c1-17-3-4-19-20(27-17)5-6-21-23(19)28-22(9-14-29-13-2-12-26-29)30(21)18-7-10-24(11-8-18)15-25-16-24/h2,5-6,12-13,17-18,25,27H,3-4,7-11,14-16H2,1H3/t17-/m0/s1. The molecule has 1 saturated carbocycles. The fourth-order valence-electron chi connectivity index (χ4n) is 5.89. The third-order valence-corrected chi connectivity index (χ3v) is 7.77. The Hall–Kier alpha value is -2.34. The molecular formula is C24H32N6. The minimum absolute atomic E-state index is 0.543. The summed E-state index contributed by atoms with van der Waals surface area (Å²) in [6, 6.07) is 7.73. The van der Waals surface area contributed by atoms with Gasteiger partial charge < -0.3 is 15.2 Å². The van der Waals surface area contributed by atoms with E-state index in [1.165, 1.54) is 73.3 Å². The van der Waals surface area contributed by atoms with Gasteiger partial charge in [-0.1, -0.05) is 0 Å². The van der Waals surface area contributed by atoms with Gasteiger partial charge in [0.2, 0.25) is 0 Å². The summed E-state index contributed by atoms with van der Waals surface area (Å²) in [6.07, 6.45) is 12.4. The molecule has 158 valence electrons. The topological polar surface area (TPSA) is 59.7 Å². The molecule has 2 aliphatic heterocycles. The molecular weight excluding hydrogens is 372 g/mol. The van der Waals surface area contributed by atoms with Crippen molar-refractivity contribution < 1.29 is 0 Å². The highest BCUT2D eigenvalue weighted by molar-refractivity contribution is 5.86. The molecule has 2 fully saturated rings. The van der Waals surface area contributed by atoms with Crippen molar-refractivity contribution in [2.45, 2.75) is 70.5 Å². The van der Waals surface area contributed by atoms with E-state index < -0.39 is 0 Å². The van der Waals surface area contributed by atoms with E-state index in [9.17, 15) is 0 Å². The van der Waals surface area contributed by atoms with Crippen molar-refractivity contribution >= 4 is 16.7 Å². The lowest BCUT2D eigenvalue weighted by molar-refractivity contribution is 0.0844. The van der Waals surface area contributed by atoms with Gasteiger partial charge >= 0.3 is 0 Å². The summed E-state index contributed by atoms with van der Waals surface area (Å²) in [6.45, 7) is 5.59. The lowest BCUT2D eigenvalue weighted by atomic mass is 9.68. The van der Waals surface area contributed by atoms with E-state index in [1.54, 1.807) is 0 Å². The van der Waals surface area contributed by atoms with Crippen LogP contribution in [0.2, 0.25) is 0 Å². The summed E-state index contributed by atoms with van der Waals surface area (Å²) >= 11 is 0. The number of aromatic nitrogens is 4. The van der Waals surface area contributed by atoms with Gasteiger partial charge in [-0.05, 0) is 69.1 Å². The molecule has 2 N–H and O–H groups in total. The number of rotatable bonds is 4. The minimum atomic E-state index is 0.543. The van der Waals surface area contributed by atoms with Gasteiger partial charge in [0.25, 0.3) is 0 Å². The summed E-state index contributed by atoms with van der Waals surface area (Å²) in [4.78, 5) is 5.27. The van der Waals surface area contributed by atoms with Crippen molar-refractivity contribution in [3.8, 4) is 0 Å². The number of nitrogens with zero attached hydrogens (tertiary/aromatic N) is 4. The zero-order valence-corrected chi connectivity index (χ0v) is 17.9. The molecule has 1 saturated heterocycles. The molecule has 30 heavy (non-hydrogen) atoms. The Morgan fingerprint density at radius 2 is 2.03 bits per heavy atom. The summed E-state index contributed by atoms with van der Waals surface area (Å²) < 4.78 is 4.63. The van der Waals surface area contributed by atoms with Crippen molar-refractivity contribution in [3.63, 3.8) is 0 Å². The first-order chi connectivity index (χ1) is 14.7. The first kappa shape index (κ1) is 18.4. The number of aryl methyl sites for hydroxylation is 3. The predicted molar refractivity (Wildman–Crippen MR) is 120 cm³/mol. The second-order valence-electron chi connectivity index (χ2n) is 9.80. The van der Waals surface area contributed by atoms with Crippen LogP contribution >= 0.6 is 0 Å². The van der Waals surface area contributed by atoms with Crippen LogP contribution in [0, 0.1) is 5.41 Å². The van der Waals surface area contributed by atoms with E-state index >= 15 is 0 Å². The van der Waals surface area contributed by atoms with Crippen molar-refractivity contribution in [1.29, 1.82) is 0 Å². The molecule has 0 radical (unpaired) electrons. The normalized spacial score (nSPS) is 23.3. The minimum Gasteiger partial charge on any atom is -0.382 e. The number of fused-ring (bicyclic) bond motifs is 3. The number of nitrogens with one attached hydrogen (secondary N) is 2. The van der Waals surface area contributed by atoms with Crippen LogP contribution in [0.5, 0.6) is 0 Å². The average molecular weight is 405 g/mol. The van der Waals surface area contributed by atoms with Crippen LogP contribution in [-0.4, -0.2) is 38.5 Å². The third-order valence-electron chi connectivity index (χ3n) is 7.77. The molecule has 1 aliphatic carbocycles. The van der Waals surface area contributed by atoms with Gasteiger partial charge in [-0.3, -0.25) is 4.68 Å². The van der Waals surface area contributed by atoms with Gasteiger partial charge in [-0.2, -0.15) is 5.10 Å². The first-order valence-corrected chi connectivity index (χ1v) is 11.7. The molecule has 1 atom stereocenters. The summed E-state index contributed by atoms with van der Waals surface area (Å²) in [5.74, 6) is 1.24. The average Bonchev–Trinajstić information content (AvgIpc) is 3.38. The van der Waals surface area contributed by atoms with Crippen molar-refractivity contribution in [2.24, 2.45) is 5.41 Å². The highest BCUT2D eigenvalue weighted by Gasteiger charge is 2.41. The number of anilines is 1. The van der Waals surface area contributed by atoms with E-state index in [4.69, 9.17) is 4.98 Å². The number of hydrogen-bond acceptors (Lipinski definition) is 4. The molecule has 2 aromatic heterocycles. The van der Waals surface area contributed by atoms with Gasteiger partial charge in [-0.15, -0.1) is 0 Å². The second-order valence-corrected chi connectivity index (χ2v) is 9.80. The maximum absolute atomic E-state index is 5.27. The van der Waals surface area contributed by atoms with E-state index in [1.807, 2.05) is 23.1 Å². The Balaban J connectivity index is 1.38. The molecule has 6 heteroatoms. The molecule has 1 aromatic carbocycles. The fourth-order valence-corrected chi connectivity index (χ4v) is 5.89. The van der Waals surface area contributed by atoms with Crippen LogP contribution in [0.3, 0.4) is 0 Å². The van der Waals surface area contributed by atoms with Crippen LogP contribution in [0.15, 0.2) is 30.6 Å². The van der Waals surface area contributed by atoms with Gasteiger partial charge in [0, 0.05) is 61.8 Å². The summed E-state index contributed by atoms with van der Waals surface area (Å²) in [7, 11) is 0. The Kier molecular flexibility index (Phi) is 4.37. The monoisotopic (exact) mass is 404 g/mol. The SMILES string of the molecule is C[C@H]1CCc2c(ccc3c2nc(CCn2cccn2)n3C2CCC3(CC2)CNC3)N1. The second kappa shape index (κ2) is 7.12. The van der Waals surface area contributed by atoms with Crippen LogP contribution in [0.1, 0.15) is 56.5 Å². The Morgan fingerprint density at radius 1 is 1.17 bits per heavy atom. The molecule has 0 amide bonds. The van der Waals surface area contributed by atoms with Crippen LogP contribution in [0.4, 0.5) is 5.69 Å². The smallest absolute Gasteiger partial charge is 0.111 e. The van der Waals surface area contributed by atoms with E-state index in [2.05, 4.69) is 39.4 Å². The van der Waals surface area contributed by atoms with Gasteiger partial charge in [0.15, 0.2) is 0 Å². The van der Waals surface area contributed by atoms with Crippen molar-refractivity contribution in [2.75, 3.05) is 18.4 Å². The third kappa shape index (κ3) is 3.04.